The maximum Gasteiger partial charge on any atom is 2.00 e. The van der Waals surface area contributed by atoms with Crippen molar-refractivity contribution in [2.45, 2.75) is 19.8 Å². The van der Waals surface area contributed by atoms with Crippen LogP contribution in [0.1, 0.15) is 19.8 Å². The first-order chi connectivity index (χ1) is 2.41. The third-order valence-corrected chi connectivity index (χ3v) is 0.512. The molecule has 0 saturated heterocycles. The van der Waals surface area contributed by atoms with Crippen LogP contribution in [0.15, 0.2) is 0 Å². The fraction of sp³-hybridized carbons (Fsp3) is 0.800. The van der Waals surface area contributed by atoms with Gasteiger partial charge in [0.15, 0.2) is 0 Å². The van der Waals surface area contributed by atoms with E-state index < -0.39 is 0 Å². The minimum Gasteiger partial charge on any atom is -0.396 e. The molecule has 0 spiro atoms. The molecule has 1 N–H and O–H groups in total. The Labute approximate surface area is 62.3 Å². The molecule has 0 atom stereocenters. The van der Waals surface area contributed by atoms with Crippen LogP contribution in [0, 0.1) is 7.43 Å². The first-order valence-corrected chi connectivity index (χ1v) is 2.02. The molecule has 1 nitrogen and oxygen atoms in total. The van der Waals surface area contributed by atoms with Gasteiger partial charge in [0.1, 0.15) is 0 Å². The van der Waals surface area contributed by atoms with Gasteiger partial charge in [0.25, 0.3) is 0 Å². The minimum atomic E-state index is 0. The van der Waals surface area contributed by atoms with E-state index in [-0.39, 0.29) is 30.5 Å². The van der Waals surface area contributed by atoms with Gasteiger partial charge in [-0.3, -0.25) is 0 Å². The molecule has 0 heterocycles. The van der Waals surface area contributed by atoms with E-state index in [1.54, 1.807) is 0 Å². The largest absolute Gasteiger partial charge is 2.00 e. The summed E-state index contributed by atoms with van der Waals surface area (Å²) in [6.07, 6.45) is 2.04. The smallest absolute Gasteiger partial charge is 0.396 e. The first kappa shape index (κ1) is 15.6. The van der Waals surface area contributed by atoms with Crippen LogP contribution in [0.4, 0.5) is 0 Å². The fourth-order valence-electron chi connectivity index (χ4n) is 0.158. The molecule has 0 saturated carbocycles. The molecule has 0 aromatic heterocycles. The molecule has 0 aromatic rings. The van der Waals surface area contributed by atoms with Crippen molar-refractivity contribution in [3.8, 4) is 0 Å². The van der Waals surface area contributed by atoms with Gasteiger partial charge in [-0.1, -0.05) is 13.3 Å². The first-order valence-electron chi connectivity index (χ1n) is 2.02. The summed E-state index contributed by atoms with van der Waals surface area (Å²) >= 11 is 0. The van der Waals surface area contributed by atoms with Gasteiger partial charge < -0.3 is 12.5 Å². The molecule has 0 amide bonds. The summed E-state index contributed by atoms with van der Waals surface area (Å²) in [7, 11) is 0. The predicted octanol–water partition coefficient (Wildman–Crippen LogP) is 0.848. The Balaban J connectivity index is -0.0000000800. The zero-order chi connectivity index (χ0) is 4.12. The zero-order valence-electron chi connectivity index (χ0n) is 5.28. The number of aliphatic hydroxyl groups is 1. The Morgan fingerprint density at radius 1 is 1.43 bits per heavy atom. The standard InChI is InChI=1S/C4H10O.CH3.Mg/c1-2-3-4-5;;/h5H,2-4H2,1H3;1H3;/q;-1;+2. The SMILES string of the molecule is CCCCO.[CH3-].[Mg+2]. The molecule has 2 heteroatoms. The molecule has 0 aromatic carbocycles. The van der Waals surface area contributed by atoms with Crippen molar-refractivity contribution < 1.29 is 5.11 Å². The van der Waals surface area contributed by atoms with Crippen LogP contribution in [-0.2, 0) is 0 Å². The summed E-state index contributed by atoms with van der Waals surface area (Å²) in [6, 6.07) is 0. The molecule has 0 aliphatic carbocycles. The van der Waals surface area contributed by atoms with Crippen molar-refractivity contribution in [1.82, 2.24) is 0 Å². The van der Waals surface area contributed by atoms with Crippen molar-refractivity contribution in [3.63, 3.8) is 0 Å². The van der Waals surface area contributed by atoms with Gasteiger partial charge in [-0.05, 0) is 6.42 Å². The molecule has 40 valence electrons. The van der Waals surface area contributed by atoms with Crippen LogP contribution in [0.3, 0.4) is 0 Å². The predicted molar refractivity (Wildman–Crippen MR) is 34.2 cm³/mol. The van der Waals surface area contributed by atoms with Gasteiger partial charge in [0.05, 0.1) is 0 Å². The van der Waals surface area contributed by atoms with E-state index in [1.165, 1.54) is 0 Å². The maximum absolute atomic E-state index is 8.07. The van der Waals surface area contributed by atoms with Crippen LogP contribution < -0.4 is 0 Å². The van der Waals surface area contributed by atoms with Crippen molar-refractivity contribution >= 4 is 23.1 Å². The van der Waals surface area contributed by atoms with Gasteiger partial charge in [-0.15, -0.1) is 0 Å². The topological polar surface area (TPSA) is 20.2 Å². The second-order valence-corrected chi connectivity index (χ2v) is 1.08. The molecular formula is C5H13MgO+. The molecule has 0 bridgehead atoms. The summed E-state index contributed by atoms with van der Waals surface area (Å²) in [5.41, 5.74) is 0. The van der Waals surface area contributed by atoms with E-state index in [9.17, 15) is 0 Å². The second kappa shape index (κ2) is 15.9. The van der Waals surface area contributed by atoms with Gasteiger partial charge in [0, 0.05) is 6.61 Å². The maximum atomic E-state index is 8.07. The van der Waals surface area contributed by atoms with E-state index >= 15 is 0 Å². The van der Waals surface area contributed by atoms with Gasteiger partial charge >= 0.3 is 23.1 Å². The van der Waals surface area contributed by atoms with Gasteiger partial charge in [-0.2, -0.15) is 0 Å². The van der Waals surface area contributed by atoms with Crippen LogP contribution >= 0.6 is 0 Å². The molecule has 0 fully saturated rings. The second-order valence-electron chi connectivity index (χ2n) is 1.08. The molecule has 0 radical (unpaired) electrons. The third kappa shape index (κ3) is 20.2. The number of hydrogen-bond donors (Lipinski definition) is 1. The van der Waals surface area contributed by atoms with Crippen LogP contribution in [0.2, 0.25) is 0 Å². The fourth-order valence-corrected chi connectivity index (χ4v) is 0.158. The normalized spacial score (nSPS) is 6.00. The summed E-state index contributed by atoms with van der Waals surface area (Å²) < 4.78 is 0. The Hall–Kier alpha value is 0.726. The Morgan fingerprint density at radius 2 is 1.86 bits per heavy atom. The number of unbranched alkanes of at least 4 members (excludes halogenated alkanes) is 1. The number of aliphatic hydroxyl groups excluding tert-OH is 1. The third-order valence-electron chi connectivity index (χ3n) is 0.512. The van der Waals surface area contributed by atoms with Crippen molar-refractivity contribution in [2.24, 2.45) is 0 Å². The Bertz CT molecular complexity index is 15.6. The van der Waals surface area contributed by atoms with Crippen molar-refractivity contribution in [3.05, 3.63) is 7.43 Å². The monoisotopic (exact) mass is 113 g/mol. The van der Waals surface area contributed by atoms with E-state index in [0.29, 0.717) is 6.61 Å². The summed E-state index contributed by atoms with van der Waals surface area (Å²) in [6.45, 7) is 2.40. The molecule has 0 aliphatic heterocycles. The average molecular weight is 113 g/mol. The van der Waals surface area contributed by atoms with E-state index in [4.69, 9.17) is 5.11 Å². The quantitative estimate of drug-likeness (QED) is 0.416. The van der Waals surface area contributed by atoms with Crippen LogP contribution in [0.25, 0.3) is 0 Å². The average Bonchev–Trinajstić information content (AvgIpc) is 1.41. The van der Waals surface area contributed by atoms with Gasteiger partial charge in [0.2, 0.25) is 0 Å². The molecule has 0 aliphatic rings. The molecule has 7 heavy (non-hydrogen) atoms. The zero-order valence-corrected chi connectivity index (χ0v) is 6.69. The van der Waals surface area contributed by atoms with Crippen molar-refractivity contribution in [1.29, 1.82) is 0 Å². The Morgan fingerprint density at radius 3 is 1.86 bits per heavy atom. The van der Waals surface area contributed by atoms with Crippen LogP contribution in [-0.4, -0.2) is 34.8 Å². The molecule has 0 unspecified atom stereocenters. The van der Waals surface area contributed by atoms with E-state index in [2.05, 4.69) is 6.92 Å². The van der Waals surface area contributed by atoms with E-state index in [0.717, 1.165) is 12.8 Å². The molecular weight excluding hydrogens is 100 g/mol. The van der Waals surface area contributed by atoms with E-state index in [1.807, 2.05) is 0 Å². The molecule has 0 rings (SSSR count). The van der Waals surface area contributed by atoms with Crippen molar-refractivity contribution in [2.75, 3.05) is 6.61 Å². The number of rotatable bonds is 2. The minimum absolute atomic E-state index is 0. The summed E-state index contributed by atoms with van der Waals surface area (Å²) in [5.74, 6) is 0. The summed E-state index contributed by atoms with van der Waals surface area (Å²) in [5, 5.41) is 8.07. The van der Waals surface area contributed by atoms with Gasteiger partial charge in [-0.25, -0.2) is 0 Å². The van der Waals surface area contributed by atoms with Crippen LogP contribution in [0.5, 0.6) is 0 Å². The summed E-state index contributed by atoms with van der Waals surface area (Å²) in [4.78, 5) is 0. The Kier molecular flexibility index (Phi) is 35.5. The number of hydrogen-bond acceptors (Lipinski definition) is 1.